The van der Waals surface area contributed by atoms with Crippen molar-refractivity contribution >= 4 is 29.1 Å². The van der Waals surface area contributed by atoms with Crippen LogP contribution in [0, 0.1) is 5.41 Å². The molecule has 2 aromatic rings. The summed E-state index contributed by atoms with van der Waals surface area (Å²) in [7, 11) is 0. The van der Waals surface area contributed by atoms with Gasteiger partial charge in [0.1, 0.15) is 5.15 Å². The number of carbonyl (C=O) groups is 2. The van der Waals surface area contributed by atoms with Crippen LogP contribution >= 0.6 is 11.6 Å². The van der Waals surface area contributed by atoms with Crippen molar-refractivity contribution < 1.29 is 9.59 Å². The Morgan fingerprint density at radius 2 is 1.92 bits per heavy atom. The zero-order valence-electron chi connectivity index (χ0n) is 13.7. The number of amides is 2. The van der Waals surface area contributed by atoms with Gasteiger partial charge in [-0.25, -0.2) is 4.98 Å². The second kappa shape index (κ2) is 6.15. The number of halogens is 1. The number of benzene rings is 1. The first-order chi connectivity index (χ1) is 12.1. The lowest BCUT2D eigenvalue weighted by molar-refractivity contribution is -0.128. The quantitative estimate of drug-likeness (QED) is 0.799. The molecule has 4 rings (SSSR count). The molecule has 2 amide bonds. The number of rotatable bonds is 1. The molecule has 3 heterocycles. The molecule has 5 nitrogen and oxygen atoms in total. The molecule has 1 N–H and O–H groups in total. The standard InChI is InChI=1S/C19H18ClN3O2/c20-16-6-5-14(12-21-16)17(24)23-9-7-19(8-10-23)11-13-3-1-2-4-15(13)22-18(19)25/h1-6,12H,7-11H2,(H,22,25). The normalized spacial score (nSPS) is 18.6. The molecule has 0 radical (unpaired) electrons. The van der Waals surface area contributed by atoms with Gasteiger partial charge in [-0.1, -0.05) is 29.8 Å². The summed E-state index contributed by atoms with van der Waals surface area (Å²) in [5.74, 6) is 0.0158. The Hall–Kier alpha value is -2.40. The molecule has 128 valence electrons. The molecule has 2 aliphatic heterocycles. The summed E-state index contributed by atoms with van der Waals surface area (Å²) in [6, 6.07) is 11.2. The van der Waals surface area contributed by atoms with Crippen molar-refractivity contribution in [2.45, 2.75) is 19.3 Å². The number of fused-ring (bicyclic) bond motifs is 1. The van der Waals surface area contributed by atoms with Crippen LogP contribution in [0.2, 0.25) is 5.15 Å². The molecule has 1 aromatic heterocycles. The van der Waals surface area contributed by atoms with Gasteiger partial charge in [0, 0.05) is 25.0 Å². The maximum Gasteiger partial charge on any atom is 0.255 e. The van der Waals surface area contributed by atoms with Crippen LogP contribution in [0.4, 0.5) is 5.69 Å². The van der Waals surface area contributed by atoms with Gasteiger partial charge in [-0.05, 0) is 43.0 Å². The number of anilines is 1. The molecule has 0 atom stereocenters. The number of piperidine rings is 1. The number of para-hydroxylation sites is 1. The van der Waals surface area contributed by atoms with Crippen LogP contribution in [0.5, 0.6) is 0 Å². The van der Waals surface area contributed by atoms with Crippen LogP contribution in [0.3, 0.4) is 0 Å². The van der Waals surface area contributed by atoms with E-state index in [-0.39, 0.29) is 11.8 Å². The van der Waals surface area contributed by atoms with Gasteiger partial charge in [-0.2, -0.15) is 0 Å². The Labute approximate surface area is 151 Å². The molecule has 6 heteroatoms. The molecular formula is C19H18ClN3O2. The van der Waals surface area contributed by atoms with Crippen molar-refractivity contribution in [2.24, 2.45) is 5.41 Å². The number of nitrogens with zero attached hydrogens (tertiary/aromatic N) is 2. The van der Waals surface area contributed by atoms with E-state index in [1.807, 2.05) is 18.2 Å². The number of pyridine rings is 1. The maximum absolute atomic E-state index is 12.7. The predicted molar refractivity (Wildman–Crippen MR) is 95.6 cm³/mol. The Bertz CT molecular complexity index is 827. The highest BCUT2D eigenvalue weighted by molar-refractivity contribution is 6.29. The minimum atomic E-state index is -0.413. The molecule has 0 bridgehead atoms. The summed E-state index contributed by atoms with van der Waals surface area (Å²) in [6.07, 6.45) is 3.57. The summed E-state index contributed by atoms with van der Waals surface area (Å²) in [5.41, 5.74) is 2.19. The van der Waals surface area contributed by atoms with Gasteiger partial charge in [0.25, 0.3) is 5.91 Å². The van der Waals surface area contributed by atoms with Crippen LogP contribution in [0.1, 0.15) is 28.8 Å². The summed E-state index contributed by atoms with van der Waals surface area (Å²) >= 11 is 5.78. The zero-order valence-corrected chi connectivity index (χ0v) is 14.4. The summed E-state index contributed by atoms with van der Waals surface area (Å²) in [4.78, 5) is 31.0. The van der Waals surface area contributed by atoms with Gasteiger partial charge in [0.2, 0.25) is 5.91 Å². The molecule has 25 heavy (non-hydrogen) atoms. The van der Waals surface area contributed by atoms with E-state index in [2.05, 4.69) is 16.4 Å². The van der Waals surface area contributed by atoms with Crippen molar-refractivity contribution in [3.63, 3.8) is 0 Å². The fourth-order valence-corrected chi connectivity index (χ4v) is 3.83. The van der Waals surface area contributed by atoms with Crippen LogP contribution in [0.15, 0.2) is 42.6 Å². The molecule has 1 saturated heterocycles. The molecule has 0 unspecified atom stereocenters. The molecule has 1 fully saturated rings. The SMILES string of the molecule is O=C(c1ccc(Cl)nc1)N1CCC2(CC1)Cc1ccccc1NC2=O. The average Bonchev–Trinajstić information content (AvgIpc) is 2.63. The Morgan fingerprint density at radius 1 is 1.16 bits per heavy atom. The molecule has 1 spiro atoms. The third kappa shape index (κ3) is 2.89. The zero-order chi connectivity index (χ0) is 17.4. The van der Waals surface area contributed by atoms with E-state index in [9.17, 15) is 9.59 Å². The summed E-state index contributed by atoms with van der Waals surface area (Å²) in [6.45, 7) is 1.13. The molecule has 2 aliphatic rings. The third-order valence-electron chi connectivity index (χ3n) is 5.26. The number of carbonyl (C=O) groups excluding carboxylic acids is 2. The van der Waals surface area contributed by atoms with Gasteiger partial charge in [0.15, 0.2) is 0 Å². The highest BCUT2D eigenvalue weighted by Gasteiger charge is 2.45. The number of hydrogen-bond donors (Lipinski definition) is 1. The number of likely N-dealkylation sites (tertiary alicyclic amines) is 1. The monoisotopic (exact) mass is 355 g/mol. The third-order valence-corrected chi connectivity index (χ3v) is 5.48. The van der Waals surface area contributed by atoms with Crippen molar-refractivity contribution in [1.82, 2.24) is 9.88 Å². The Kier molecular flexibility index (Phi) is 3.96. The van der Waals surface area contributed by atoms with Crippen molar-refractivity contribution in [3.8, 4) is 0 Å². The van der Waals surface area contributed by atoms with E-state index in [1.165, 1.54) is 11.8 Å². The molecular weight excluding hydrogens is 338 g/mol. The molecule has 1 aromatic carbocycles. The van der Waals surface area contributed by atoms with Gasteiger partial charge < -0.3 is 10.2 Å². The van der Waals surface area contributed by atoms with Crippen molar-refractivity contribution in [3.05, 3.63) is 58.9 Å². The van der Waals surface area contributed by atoms with Crippen LogP contribution in [-0.4, -0.2) is 34.8 Å². The van der Waals surface area contributed by atoms with E-state index >= 15 is 0 Å². The van der Waals surface area contributed by atoms with Gasteiger partial charge >= 0.3 is 0 Å². The first-order valence-electron chi connectivity index (χ1n) is 8.38. The van der Waals surface area contributed by atoms with E-state index < -0.39 is 5.41 Å². The lowest BCUT2D eigenvalue weighted by Gasteiger charge is -2.43. The highest BCUT2D eigenvalue weighted by Crippen LogP contribution is 2.41. The van der Waals surface area contributed by atoms with Crippen molar-refractivity contribution in [1.29, 1.82) is 0 Å². The number of aromatic nitrogens is 1. The first-order valence-corrected chi connectivity index (χ1v) is 8.75. The Balaban J connectivity index is 1.49. The van der Waals surface area contributed by atoms with Crippen LogP contribution in [0.25, 0.3) is 0 Å². The first kappa shape index (κ1) is 16.1. The number of nitrogens with one attached hydrogen (secondary N) is 1. The topological polar surface area (TPSA) is 62.3 Å². The number of hydrogen-bond acceptors (Lipinski definition) is 3. The lowest BCUT2D eigenvalue weighted by atomic mass is 9.71. The van der Waals surface area contributed by atoms with E-state index in [1.54, 1.807) is 17.0 Å². The molecule has 0 aliphatic carbocycles. The average molecular weight is 356 g/mol. The maximum atomic E-state index is 12.7. The van der Waals surface area contributed by atoms with Crippen LogP contribution in [-0.2, 0) is 11.2 Å². The predicted octanol–water partition coefficient (Wildman–Crippen LogP) is 3.15. The van der Waals surface area contributed by atoms with E-state index in [4.69, 9.17) is 11.6 Å². The largest absolute Gasteiger partial charge is 0.339 e. The fraction of sp³-hybridized carbons (Fsp3) is 0.316. The molecule has 0 saturated carbocycles. The fourth-order valence-electron chi connectivity index (χ4n) is 3.72. The van der Waals surface area contributed by atoms with Gasteiger partial charge in [-0.3, -0.25) is 9.59 Å². The van der Waals surface area contributed by atoms with E-state index in [0.29, 0.717) is 36.6 Å². The summed E-state index contributed by atoms with van der Waals surface area (Å²) in [5, 5.41) is 3.40. The van der Waals surface area contributed by atoms with Crippen LogP contribution < -0.4 is 5.32 Å². The highest BCUT2D eigenvalue weighted by atomic mass is 35.5. The van der Waals surface area contributed by atoms with Gasteiger partial charge in [0.05, 0.1) is 11.0 Å². The minimum absolute atomic E-state index is 0.0596. The van der Waals surface area contributed by atoms with Crippen molar-refractivity contribution in [2.75, 3.05) is 18.4 Å². The lowest BCUT2D eigenvalue weighted by Crippen LogP contribution is -2.51. The van der Waals surface area contributed by atoms with E-state index in [0.717, 1.165) is 12.1 Å². The Morgan fingerprint density at radius 3 is 2.64 bits per heavy atom. The van der Waals surface area contributed by atoms with Gasteiger partial charge in [-0.15, -0.1) is 0 Å². The smallest absolute Gasteiger partial charge is 0.255 e. The summed E-state index contributed by atoms with van der Waals surface area (Å²) < 4.78 is 0. The second-order valence-electron chi connectivity index (χ2n) is 6.73. The second-order valence-corrected chi connectivity index (χ2v) is 7.12. The minimum Gasteiger partial charge on any atom is -0.339 e.